The van der Waals surface area contributed by atoms with Crippen LogP contribution in [-0.2, 0) is 0 Å². The molecule has 1 N–H and O–H groups in total. The highest BCUT2D eigenvalue weighted by atomic mass is 16.5. The zero-order valence-corrected chi connectivity index (χ0v) is 10.8. The third-order valence-corrected chi connectivity index (χ3v) is 2.87. The lowest BCUT2D eigenvalue weighted by Gasteiger charge is -2.20. The summed E-state index contributed by atoms with van der Waals surface area (Å²) in [6, 6.07) is 6.26. The average Bonchev–Trinajstić information content (AvgIpc) is 2.20. The van der Waals surface area contributed by atoms with Gasteiger partial charge in [0.1, 0.15) is 11.9 Å². The van der Waals surface area contributed by atoms with Crippen LogP contribution in [0.1, 0.15) is 44.7 Å². The lowest BCUT2D eigenvalue weighted by Crippen LogP contribution is -2.25. The molecule has 2 nitrogen and oxygen atoms in total. The van der Waals surface area contributed by atoms with E-state index in [0.29, 0.717) is 5.92 Å². The van der Waals surface area contributed by atoms with Crippen LogP contribution in [0, 0.1) is 6.92 Å². The van der Waals surface area contributed by atoms with Gasteiger partial charge >= 0.3 is 0 Å². The molecule has 2 atom stereocenters. The maximum absolute atomic E-state index is 9.43. The summed E-state index contributed by atoms with van der Waals surface area (Å²) in [4.78, 5) is 0. The van der Waals surface area contributed by atoms with Crippen molar-refractivity contribution in [3.8, 4) is 5.75 Å². The molecule has 0 bridgehead atoms. The van der Waals surface area contributed by atoms with Gasteiger partial charge in [-0.05, 0) is 43.9 Å². The second-order valence-electron chi connectivity index (χ2n) is 4.74. The Hall–Kier alpha value is -1.02. The van der Waals surface area contributed by atoms with Crippen LogP contribution in [0.3, 0.4) is 0 Å². The first-order chi connectivity index (χ1) is 7.41. The van der Waals surface area contributed by atoms with E-state index >= 15 is 0 Å². The van der Waals surface area contributed by atoms with Crippen molar-refractivity contribution >= 4 is 0 Å². The maximum atomic E-state index is 9.43. The smallest absolute Gasteiger partial charge is 0.123 e. The van der Waals surface area contributed by atoms with Crippen molar-refractivity contribution in [1.29, 1.82) is 0 Å². The SMILES string of the molecule is Cc1ccc(C(C)C)cc1OC(C)[C@H](C)O. The van der Waals surface area contributed by atoms with Crippen LogP contribution in [0.25, 0.3) is 0 Å². The van der Waals surface area contributed by atoms with Crippen LogP contribution in [0.2, 0.25) is 0 Å². The van der Waals surface area contributed by atoms with Crippen LogP contribution in [0.4, 0.5) is 0 Å². The number of aliphatic hydroxyl groups is 1. The lowest BCUT2D eigenvalue weighted by atomic mass is 10.0. The fraction of sp³-hybridized carbons (Fsp3) is 0.571. The van der Waals surface area contributed by atoms with E-state index in [2.05, 4.69) is 32.0 Å². The molecule has 0 aliphatic heterocycles. The van der Waals surface area contributed by atoms with Gasteiger partial charge in [0.2, 0.25) is 0 Å². The van der Waals surface area contributed by atoms with E-state index in [1.165, 1.54) is 5.56 Å². The summed E-state index contributed by atoms with van der Waals surface area (Å²) in [5.74, 6) is 1.37. The summed E-state index contributed by atoms with van der Waals surface area (Å²) < 4.78 is 5.75. The highest BCUT2D eigenvalue weighted by Crippen LogP contribution is 2.25. The topological polar surface area (TPSA) is 29.5 Å². The molecule has 0 aliphatic rings. The zero-order chi connectivity index (χ0) is 12.3. The summed E-state index contributed by atoms with van der Waals surface area (Å²) in [6.07, 6.45) is -0.636. The van der Waals surface area contributed by atoms with E-state index < -0.39 is 6.10 Å². The molecule has 1 aromatic carbocycles. The molecule has 0 fully saturated rings. The molecule has 1 rings (SSSR count). The van der Waals surface area contributed by atoms with Gasteiger partial charge in [-0.2, -0.15) is 0 Å². The second-order valence-corrected chi connectivity index (χ2v) is 4.74. The van der Waals surface area contributed by atoms with E-state index in [1.807, 2.05) is 13.8 Å². The van der Waals surface area contributed by atoms with Gasteiger partial charge in [0, 0.05) is 0 Å². The fourth-order valence-electron chi connectivity index (χ4n) is 1.40. The number of hydrogen-bond donors (Lipinski definition) is 1. The Kier molecular flexibility index (Phi) is 4.36. The van der Waals surface area contributed by atoms with E-state index in [0.717, 1.165) is 11.3 Å². The predicted octanol–water partition coefficient (Wildman–Crippen LogP) is 3.27. The number of aliphatic hydroxyl groups excluding tert-OH is 1. The standard InChI is InChI=1S/C14H22O2/c1-9(2)13-7-6-10(3)14(8-13)16-12(5)11(4)15/h6-9,11-12,15H,1-5H3/t11-,12?/m0/s1. The largest absolute Gasteiger partial charge is 0.488 e. The highest BCUT2D eigenvalue weighted by Gasteiger charge is 2.12. The third kappa shape index (κ3) is 3.24. The van der Waals surface area contributed by atoms with E-state index in [9.17, 15) is 5.11 Å². The van der Waals surface area contributed by atoms with Crippen molar-refractivity contribution in [3.05, 3.63) is 29.3 Å². The van der Waals surface area contributed by atoms with Crippen molar-refractivity contribution in [2.45, 2.75) is 52.7 Å². The summed E-state index contributed by atoms with van der Waals surface area (Å²) in [5.41, 5.74) is 2.37. The van der Waals surface area contributed by atoms with Gasteiger partial charge in [-0.1, -0.05) is 26.0 Å². The molecular formula is C14H22O2. The van der Waals surface area contributed by atoms with Crippen molar-refractivity contribution in [3.63, 3.8) is 0 Å². The van der Waals surface area contributed by atoms with Crippen LogP contribution < -0.4 is 4.74 Å². The van der Waals surface area contributed by atoms with Gasteiger partial charge in [-0.3, -0.25) is 0 Å². The Morgan fingerprint density at radius 1 is 1.12 bits per heavy atom. The molecular weight excluding hydrogens is 200 g/mol. The molecule has 0 saturated heterocycles. The molecule has 16 heavy (non-hydrogen) atoms. The van der Waals surface area contributed by atoms with Gasteiger partial charge in [0.05, 0.1) is 6.10 Å². The summed E-state index contributed by atoms with van der Waals surface area (Å²) in [7, 11) is 0. The van der Waals surface area contributed by atoms with Gasteiger partial charge in [-0.15, -0.1) is 0 Å². The van der Waals surface area contributed by atoms with Gasteiger partial charge in [-0.25, -0.2) is 0 Å². The number of hydrogen-bond acceptors (Lipinski definition) is 2. The minimum absolute atomic E-state index is 0.180. The van der Waals surface area contributed by atoms with Crippen LogP contribution in [-0.4, -0.2) is 17.3 Å². The number of aryl methyl sites for hydroxylation is 1. The van der Waals surface area contributed by atoms with Gasteiger partial charge < -0.3 is 9.84 Å². The minimum atomic E-state index is -0.456. The molecule has 0 spiro atoms. The van der Waals surface area contributed by atoms with E-state index in [4.69, 9.17) is 4.74 Å². The predicted molar refractivity (Wildman–Crippen MR) is 67.0 cm³/mol. The van der Waals surface area contributed by atoms with E-state index in [-0.39, 0.29) is 6.10 Å². The quantitative estimate of drug-likeness (QED) is 0.847. The monoisotopic (exact) mass is 222 g/mol. The normalized spacial score (nSPS) is 14.9. The van der Waals surface area contributed by atoms with Crippen molar-refractivity contribution in [2.75, 3.05) is 0 Å². The van der Waals surface area contributed by atoms with Crippen molar-refractivity contribution in [2.24, 2.45) is 0 Å². The molecule has 0 heterocycles. The molecule has 2 heteroatoms. The molecule has 1 aromatic rings. The number of ether oxygens (including phenoxy) is 1. The Labute approximate surface area is 98.3 Å². The van der Waals surface area contributed by atoms with Crippen molar-refractivity contribution < 1.29 is 9.84 Å². The van der Waals surface area contributed by atoms with E-state index in [1.54, 1.807) is 6.92 Å². The average molecular weight is 222 g/mol. The van der Waals surface area contributed by atoms with Crippen LogP contribution in [0.15, 0.2) is 18.2 Å². The molecule has 90 valence electrons. The summed E-state index contributed by atoms with van der Waals surface area (Å²) >= 11 is 0. The van der Waals surface area contributed by atoms with Crippen LogP contribution in [0.5, 0.6) is 5.75 Å². The molecule has 0 aliphatic carbocycles. The Balaban J connectivity index is 2.90. The minimum Gasteiger partial charge on any atom is -0.488 e. The molecule has 1 unspecified atom stereocenters. The second kappa shape index (κ2) is 5.35. The first kappa shape index (κ1) is 13.0. The Morgan fingerprint density at radius 3 is 2.25 bits per heavy atom. The highest BCUT2D eigenvalue weighted by molar-refractivity contribution is 5.37. The zero-order valence-electron chi connectivity index (χ0n) is 10.8. The molecule has 0 radical (unpaired) electrons. The maximum Gasteiger partial charge on any atom is 0.123 e. The lowest BCUT2D eigenvalue weighted by molar-refractivity contribution is 0.0599. The van der Waals surface area contributed by atoms with Gasteiger partial charge in [0.25, 0.3) is 0 Å². The third-order valence-electron chi connectivity index (χ3n) is 2.87. The van der Waals surface area contributed by atoms with Crippen LogP contribution >= 0.6 is 0 Å². The fourth-order valence-corrected chi connectivity index (χ4v) is 1.40. The Morgan fingerprint density at radius 2 is 1.75 bits per heavy atom. The van der Waals surface area contributed by atoms with Crippen molar-refractivity contribution in [1.82, 2.24) is 0 Å². The first-order valence-electron chi connectivity index (χ1n) is 5.87. The molecule has 0 saturated carbocycles. The number of rotatable bonds is 4. The number of benzene rings is 1. The first-order valence-corrected chi connectivity index (χ1v) is 5.87. The summed E-state index contributed by atoms with van der Waals surface area (Å²) in [5, 5.41) is 9.43. The molecule has 0 amide bonds. The Bertz CT molecular complexity index is 343. The van der Waals surface area contributed by atoms with Gasteiger partial charge in [0.15, 0.2) is 0 Å². The summed E-state index contributed by atoms with van der Waals surface area (Å²) in [6.45, 7) is 9.96. The molecule has 0 aromatic heterocycles.